The van der Waals surface area contributed by atoms with Gasteiger partial charge in [-0.15, -0.1) is 0 Å². The molecule has 1 atom stereocenters. The van der Waals surface area contributed by atoms with Crippen molar-refractivity contribution in [3.05, 3.63) is 71.6 Å². The minimum absolute atomic E-state index is 0.148. The number of rotatable bonds is 5. The molecule has 7 heteroatoms. The number of amides is 1. The summed E-state index contributed by atoms with van der Waals surface area (Å²) in [7, 11) is 0. The molecule has 1 fully saturated rings. The maximum atomic E-state index is 13.4. The van der Waals surface area contributed by atoms with Crippen molar-refractivity contribution in [3.63, 3.8) is 0 Å². The van der Waals surface area contributed by atoms with E-state index in [0.717, 1.165) is 18.4 Å². The zero-order valence-electron chi connectivity index (χ0n) is 14.5. The van der Waals surface area contributed by atoms with E-state index < -0.39 is 0 Å². The Labute approximate surface area is 155 Å². The normalized spacial score (nSPS) is 16.4. The Balaban J connectivity index is 1.42. The van der Waals surface area contributed by atoms with Crippen molar-refractivity contribution in [3.8, 4) is 11.1 Å². The molecule has 0 saturated carbocycles. The van der Waals surface area contributed by atoms with Gasteiger partial charge in [0.05, 0.1) is 6.54 Å². The Morgan fingerprint density at radius 1 is 1.19 bits per heavy atom. The van der Waals surface area contributed by atoms with Crippen LogP contribution in [0.3, 0.4) is 0 Å². The number of hydrogen-bond donors (Lipinski definition) is 1. The summed E-state index contributed by atoms with van der Waals surface area (Å²) in [5, 5.41) is 6.65. The maximum Gasteiger partial charge on any atom is 0.255 e. The van der Waals surface area contributed by atoms with Gasteiger partial charge in [-0.25, -0.2) is 4.39 Å². The Kier molecular flexibility index (Phi) is 4.93. The van der Waals surface area contributed by atoms with E-state index >= 15 is 0 Å². The van der Waals surface area contributed by atoms with Crippen LogP contribution in [0.2, 0.25) is 0 Å². The first kappa shape index (κ1) is 17.4. The van der Waals surface area contributed by atoms with Crippen molar-refractivity contribution in [2.75, 3.05) is 6.61 Å². The third kappa shape index (κ3) is 4.03. The summed E-state index contributed by atoms with van der Waals surface area (Å²) in [5.74, 6) is 0.262. The Morgan fingerprint density at radius 2 is 2.00 bits per heavy atom. The molecule has 0 bridgehead atoms. The summed E-state index contributed by atoms with van der Waals surface area (Å²) in [5.41, 5.74) is 1.95. The van der Waals surface area contributed by atoms with Gasteiger partial charge >= 0.3 is 0 Å². The molecule has 2 heterocycles. The molecule has 0 aliphatic carbocycles. The molecule has 3 aromatic rings. The number of carbonyl (C=O) groups is 1. The Morgan fingerprint density at radius 3 is 2.78 bits per heavy atom. The van der Waals surface area contributed by atoms with E-state index in [-0.39, 0.29) is 24.4 Å². The van der Waals surface area contributed by atoms with E-state index in [1.165, 1.54) is 12.1 Å². The number of halogens is 1. The average Bonchev–Trinajstić information content (AvgIpc) is 3.38. The summed E-state index contributed by atoms with van der Waals surface area (Å²) < 4.78 is 24.1. The number of ether oxygens (including phenoxy) is 1. The van der Waals surface area contributed by atoms with Crippen molar-refractivity contribution in [2.24, 2.45) is 0 Å². The second-order valence-electron chi connectivity index (χ2n) is 6.32. The van der Waals surface area contributed by atoms with Crippen LogP contribution in [0.1, 0.15) is 41.0 Å². The molecule has 6 nitrogen and oxygen atoms in total. The summed E-state index contributed by atoms with van der Waals surface area (Å²) in [6, 6.07) is 13.3. The number of aromatic nitrogens is 2. The molecule has 0 unspecified atom stereocenters. The fraction of sp³-hybridized carbons (Fsp3) is 0.250. The third-order valence-corrected chi connectivity index (χ3v) is 4.38. The SMILES string of the molecule is O=C(NCc1noc([C@@H]2CCCO2)n1)c1cccc(-c2cccc(F)c2)c1. The highest BCUT2D eigenvalue weighted by Crippen LogP contribution is 2.27. The topological polar surface area (TPSA) is 77.2 Å². The maximum absolute atomic E-state index is 13.4. The predicted molar refractivity (Wildman–Crippen MR) is 95.2 cm³/mol. The lowest BCUT2D eigenvalue weighted by atomic mass is 10.0. The van der Waals surface area contributed by atoms with Gasteiger partial charge in [-0.1, -0.05) is 29.4 Å². The van der Waals surface area contributed by atoms with Gasteiger partial charge in [-0.2, -0.15) is 4.98 Å². The molecule has 1 N–H and O–H groups in total. The summed E-state index contributed by atoms with van der Waals surface area (Å²) in [6.45, 7) is 0.847. The summed E-state index contributed by atoms with van der Waals surface area (Å²) in [6.07, 6.45) is 1.69. The molecule has 138 valence electrons. The first-order valence-electron chi connectivity index (χ1n) is 8.77. The molecule has 4 rings (SSSR count). The smallest absolute Gasteiger partial charge is 0.255 e. The van der Waals surface area contributed by atoms with Gasteiger partial charge in [0.1, 0.15) is 11.9 Å². The molecule has 1 saturated heterocycles. The van der Waals surface area contributed by atoms with Crippen LogP contribution in [-0.2, 0) is 11.3 Å². The zero-order chi connectivity index (χ0) is 18.6. The van der Waals surface area contributed by atoms with Gasteiger partial charge in [0.25, 0.3) is 11.8 Å². The van der Waals surface area contributed by atoms with Crippen LogP contribution >= 0.6 is 0 Å². The van der Waals surface area contributed by atoms with Crippen LogP contribution in [0, 0.1) is 5.82 Å². The second kappa shape index (κ2) is 7.67. The molecule has 1 aromatic heterocycles. The van der Waals surface area contributed by atoms with E-state index in [4.69, 9.17) is 9.26 Å². The van der Waals surface area contributed by atoms with Crippen LogP contribution in [0.4, 0.5) is 4.39 Å². The number of nitrogens with zero attached hydrogens (tertiary/aromatic N) is 2. The van der Waals surface area contributed by atoms with Gasteiger partial charge < -0.3 is 14.6 Å². The predicted octanol–water partition coefficient (Wildman–Crippen LogP) is 3.66. The van der Waals surface area contributed by atoms with Crippen molar-refractivity contribution in [2.45, 2.75) is 25.5 Å². The lowest BCUT2D eigenvalue weighted by Crippen LogP contribution is -2.23. The second-order valence-corrected chi connectivity index (χ2v) is 6.32. The summed E-state index contributed by atoms with van der Waals surface area (Å²) in [4.78, 5) is 16.7. The largest absolute Gasteiger partial charge is 0.368 e. The van der Waals surface area contributed by atoms with Crippen LogP contribution in [-0.4, -0.2) is 22.7 Å². The van der Waals surface area contributed by atoms with E-state index in [1.54, 1.807) is 30.3 Å². The molecule has 1 aliphatic rings. The van der Waals surface area contributed by atoms with Crippen LogP contribution < -0.4 is 5.32 Å². The fourth-order valence-corrected chi connectivity index (χ4v) is 3.01. The molecule has 27 heavy (non-hydrogen) atoms. The summed E-state index contributed by atoms with van der Waals surface area (Å²) >= 11 is 0. The van der Waals surface area contributed by atoms with Crippen LogP contribution in [0.25, 0.3) is 11.1 Å². The number of carbonyl (C=O) groups excluding carboxylic acids is 1. The standard InChI is InChI=1S/C20H18FN3O3/c21-16-7-2-5-14(11-16)13-4-1-6-15(10-13)19(25)22-12-18-23-20(27-24-18)17-8-3-9-26-17/h1-2,4-7,10-11,17H,3,8-9,12H2,(H,22,25)/t17-/m0/s1. The molecule has 1 amide bonds. The first-order valence-corrected chi connectivity index (χ1v) is 8.77. The number of nitrogens with one attached hydrogen (secondary N) is 1. The lowest BCUT2D eigenvalue weighted by Gasteiger charge is -2.06. The highest BCUT2D eigenvalue weighted by Gasteiger charge is 2.23. The third-order valence-electron chi connectivity index (χ3n) is 4.38. The van der Waals surface area contributed by atoms with E-state index in [9.17, 15) is 9.18 Å². The number of benzene rings is 2. The molecule has 0 spiro atoms. The zero-order valence-corrected chi connectivity index (χ0v) is 14.5. The van der Waals surface area contributed by atoms with Crippen LogP contribution in [0.15, 0.2) is 53.1 Å². The van der Waals surface area contributed by atoms with Crippen molar-refractivity contribution < 1.29 is 18.4 Å². The molecular weight excluding hydrogens is 349 g/mol. The van der Waals surface area contributed by atoms with Gasteiger partial charge in [0.15, 0.2) is 5.82 Å². The Hall–Kier alpha value is -3.06. The van der Waals surface area contributed by atoms with Gasteiger partial charge in [-0.3, -0.25) is 4.79 Å². The number of hydrogen-bond acceptors (Lipinski definition) is 5. The van der Waals surface area contributed by atoms with Crippen molar-refractivity contribution in [1.82, 2.24) is 15.5 Å². The van der Waals surface area contributed by atoms with Gasteiger partial charge in [-0.05, 0) is 48.2 Å². The minimum atomic E-state index is -0.318. The van der Waals surface area contributed by atoms with Gasteiger partial charge in [0.2, 0.25) is 0 Å². The average molecular weight is 367 g/mol. The van der Waals surface area contributed by atoms with E-state index in [1.807, 2.05) is 6.07 Å². The van der Waals surface area contributed by atoms with Gasteiger partial charge in [0, 0.05) is 12.2 Å². The van der Waals surface area contributed by atoms with E-state index in [0.29, 0.717) is 29.4 Å². The quantitative estimate of drug-likeness (QED) is 0.745. The van der Waals surface area contributed by atoms with Crippen molar-refractivity contribution in [1.29, 1.82) is 0 Å². The van der Waals surface area contributed by atoms with Crippen LogP contribution in [0.5, 0.6) is 0 Å². The minimum Gasteiger partial charge on any atom is -0.368 e. The molecule has 1 aliphatic heterocycles. The van der Waals surface area contributed by atoms with Crippen molar-refractivity contribution >= 4 is 5.91 Å². The molecule has 2 aromatic carbocycles. The highest BCUT2D eigenvalue weighted by molar-refractivity contribution is 5.95. The van der Waals surface area contributed by atoms with E-state index in [2.05, 4.69) is 15.5 Å². The molecular formula is C20H18FN3O3. The fourth-order valence-electron chi connectivity index (χ4n) is 3.01. The Bertz CT molecular complexity index is 951. The monoisotopic (exact) mass is 367 g/mol. The molecule has 0 radical (unpaired) electrons. The highest BCUT2D eigenvalue weighted by atomic mass is 19.1. The lowest BCUT2D eigenvalue weighted by molar-refractivity contribution is 0.0835. The first-order chi connectivity index (χ1) is 13.2.